The molecule has 0 saturated carbocycles. The van der Waals surface area contributed by atoms with Crippen LogP contribution in [0.3, 0.4) is 0 Å². The molecule has 32 heavy (non-hydrogen) atoms. The first-order valence-electron chi connectivity index (χ1n) is 9.65. The average molecular weight is 465 g/mol. The number of anilines is 3. The quantitative estimate of drug-likeness (QED) is 0.343. The summed E-state index contributed by atoms with van der Waals surface area (Å²) in [5.41, 5.74) is 3.98. The van der Waals surface area contributed by atoms with E-state index < -0.39 is 0 Å². The van der Waals surface area contributed by atoms with Crippen LogP contribution in [0, 0.1) is 0 Å². The molecule has 0 aliphatic carbocycles. The van der Waals surface area contributed by atoms with Crippen LogP contribution in [-0.2, 0) is 18.3 Å². The number of hydrogen-bond acceptors (Lipinski definition) is 7. The molecule has 0 atom stereocenters. The lowest BCUT2D eigenvalue weighted by atomic mass is 10.2. The second-order valence-corrected chi connectivity index (χ2v) is 8.48. The molecule has 11 heteroatoms. The minimum atomic E-state index is -0.112. The van der Waals surface area contributed by atoms with Gasteiger partial charge in [0, 0.05) is 29.9 Å². The third kappa shape index (κ3) is 4.18. The van der Waals surface area contributed by atoms with Crippen molar-refractivity contribution in [3.63, 3.8) is 0 Å². The van der Waals surface area contributed by atoms with Gasteiger partial charge in [-0.3, -0.25) is 14.6 Å². The van der Waals surface area contributed by atoms with Crippen LogP contribution >= 0.6 is 22.9 Å². The van der Waals surface area contributed by atoms with Crippen LogP contribution in [0.1, 0.15) is 5.56 Å². The van der Waals surface area contributed by atoms with Crippen molar-refractivity contribution in [1.82, 2.24) is 30.2 Å². The van der Waals surface area contributed by atoms with E-state index in [9.17, 15) is 4.79 Å². The summed E-state index contributed by atoms with van der Waals surface area (Å²) in [6.45, 7) is 0. The molecule has 2 aromatic carbocycles. The predicted molar refractivity (Wildman–Crippen MR) is 125 cm³/mol. The highest BCUT2D eigenvalue weighted by Crippen LogP contribution is 2.34. The molecule has 3 N–H and O–H groups in total. The lowest BCUT2D eigenvalue weighted by molar-refractivity contribution is -0.115. The summed E-state index contributed by atoms with van der Waals surface area (Å²) in [5.74, 6) is -0.112. The summed E-state index contributed by atoms with van der Waals surface area (Å²) in [7, 11) is 1.82. The summed E-state index contributed by atoms with van der Waals surface area (Å²) in [5, 5.41) is 28.3. The minimum absolute atomic E-state index is 0.112. The molecular formula is C21H17ClN8OS. The van der Waals surface area contributed by atoms with E-state index in [1.165, 1.54) is 11.3 Å². The molecule has 0 fully saturated rings. The SMILES string of the molecule is Cn1cc(CC(=O)Nc2cccc(-c3nnc(Nc4ccc5[nH]ncc5c4Cl)s3)c2)cn1. The van der Waals surface area contributed by atoms with Crippen LogP contribution in [-0.4, -0.2) is 36.1 Å². The van der Waals surface area contributed by atoms with Crippen molar-refractivity contribution in [2.75, 3.05) is 10.6 Å². The summed E-state index contributed by atoms with van der Waals surface area (Å²) in [6.07, 6.45) is 5.44. The largest absolute Gasteiger partial charge is 0.329 e. The highest BCUT2D eigenvalue weighted by atomic mass is 35.5. The van der Waals surface area contributed by atoms with E-state index in [0.717, 1.165) is 32.7 Å². The third-order valence-electron chi connectivity index (χ3n) is 4.74. The van der Waals surface area contributed by atoms with Gasteiger partial charge in [0.2, 0.25) is 11.0 Å². The molecule has 0 bridgehead atoms. The number of aromatic nitrogens is 6. The molecule has 5 aromatic rings. The van der Waals surface area contributed by atoms with Gasteiger partial charge in [0.1, 0.15) is 5.01 Å². The van der Waals surface area contributed by atoms with E-state index in [2.05, 4.69) is 36.1 Å². The number of aromatic amines is 1. The van der Waals surface area contributed by atoms with Crippen molar-refractivity contribution in [2.45, 2.75) is 6.42 Å². The van der Waals surface area contributed by atoms with E-state index in [1.54, 1.807) is 17.1 Å². The zero-order chi connectivity index (χ0) is 22.1. The Morgan fingerprint density at radius 2 is 2.12 bits per heavy atom. The van der Waals surface area contributed by atoms with Crippen molar-refractivity contribution in [3.8, 4) is 10.6 Å². The molecule has 160 valence electrons. The topological polar surface area (TPSA) is 113 Å². The molecule has 5 rings (SSSR count). The smallest absolute Gasteiger partial charge is 0.228 e. The highest BCUT2D eigenvalue weighted by Gasteiger charge is 2.12. The van der Waals surface area contributed by atoms with Crippen molar-refractivity contribution < 1.29 is 4.79 Å². The minimum Gasteiger partial charge on any atom is -0.329 e. The molecule has 0 aliphatic heterocycles. The van der Waals surface area contributed by atoms with Gasteiger partial charge in [-0.1, -0.05) is 35.1 Å². The fourth-order valence-electron chi connectivity index (χ4n) is 3.27. The number of carbonyl (C=O) groups excluding carboxylic acids is 1. The molecule has 3 heterocycles. The molecule has 1 amide bonds. The van der Waals surface area contributed by atoms with Crippen molar-refractivity contribution >= 4 is 56.3 Å². The fourth-order valence-corrected chi connectivity index (χ4v) is 4.28. The zero-order valence-corrected chi connectivity index (χ0v) is 18.4. The van der Waals surface area contributed by atoms with Gasteiger partial charge in [0.25, 0.3) is 0 Å². The normalized spacial score (nSPS) is 11.1. The second-order valence-electron chi connectivity index (χ2n) is 7.12. The summed E-state index contributed by atoms with van der Waals surface area (Å²) >= 11 is 7.86. The Hall–Kier alpha value is -3.76. The van der Waals surface area contributed by atoms with E-state index in [0.29, 0.717) is 15.8 Å². The van der Waals surface area contributed by atoms with Crippen molar-refractivity contribution in [2.24, 2.45) is 7.05 Å². The van der Waals surface area contributed by atoms with Gasteiger partial charge in [-0.25, -0.2) is 0 Å². The van der Waals surface area contributed by atoms with Gasteiger partial charge in [0.05, 0.1) is 35.0 Å². The lowest BCUT2D eigenvalue weighted by Gasteiger charge is -2.06. The molecule has 0 spiro atoms. The average Bonchev–Trinajstić information content (AvgIpc) is 3.52. The Kier molecular flexibility index (Phi) is 5.29. The number of hydrogen-bond donors (Lipinski definition) is 3. The summed E-state index contributed by atoms with van der Waals surface area (Å²) < 4.78 is 1.67. The molecular weight excluding hydrogens is 448 g/mol. The number of rotatable bonds is 6. The van der Waals surface area contributed by atoms with E-state index in [4.69, 9.17) is 11.6 Å². The van der Waals surface area contributed by atoms with Gasteiger partial charge in [0.15, 0.2) is 0 Å². The molecule has 0 unspecified atom stereocenters. The standard InChI is InChI=1S/C21H17ClN8OS/c1-30-11-12(9-24-30)7-18(31)25-14-4-2-3-13(8-14)20-28-29-21(32-20)26-17-6-5-16-15(19(17)22)10-23-27-16/h2-6,8-11H,7H2,1H3,(H,23,27)(H,25,31)(H,26,29). The van der Waals surface area contributed by atoms with Crippen LogP contribution in [0.4, 0.5) is 16.5 Å². The molecule has 0 radical (unpaired) electrons. The number of carbonyl (C=O) groups is 1. The number of benzene rings is 2. The van der Waals surface area contributed by atoms with Gasteiger partial charge < -0.3 is 10.6 Å². The number of nitrogens with zero attached hydrogens (tertiary/aromatic N) is 5. The van der Waals surface area contributed by atoms with Gasteiger partial charge >= 0.3 is 0 Å². The highest BCUT2D eigenvalue weighted by molar-refractivity contribution is 7.18. The molecule has 0 aliphatic rings. The first-order chi connectivity index (χ1) is 15.5. The van der Waals surface area contributed by atoms with Crippen LogP contribution in [0.5, 0.6) is 0 Å². The number of H-pyrrole nitrogens is 1. The van der Waals surface area contributed by atoms with Crippen LogP contribution < -0.4 is 10.6 Å². The monoisotopic (exact) mass is 464 g/mol. The van der Waals surface area contributed by atoms with Gasteiger partial charge in [-0.2, -0.15) is 10.2 Å². The maximum absolute atomic E-state index is 12.3. The second kappa shape index (κ2) is 8.40. The van der Waals surface area contributed by atoms with Crippen LogP contribution in [0.2, 0.25) is 5.02 Å². The number of halogens is 1. The Labute approximate surface area is 191 Å². The summed E-state index contributed by atoms with van der Waals surface area (Å²) in [4.78, 5) is 12.3. The predicted octanol–water partition coefficient (Wildman–Crippen LogP) is 4.39. The van der Waals surface area contributed by atoms with Crippen molar-refractivity contribution in [1.29, 1.82) is 0 Å². The van der Waals surface area contributed by atoms with E-state index in [1.807, 2.05) is 49.6 Å². The molecule has 9 nitrogen and oxygen atoms in total. The number of nitrogens with one attached hydrogen (secondary N) is 3. The lowest BCUT2D eigenvalue weighted by Crippen LogP contribution is -2.14. The first kappa shape index (κ1) is 20.2. The Morgan fingerprint density at radius 3 is 2.97 bits per heavy atom. The van der Waals surface area contributed by atoms with E-state index in [-0.39, 0.29) is 12.3 Å². The first-order valence-corrected chi connectivity index (χ1v) is 10.8. The Morgan fingerprint density at radius 1 is 1.22 bits per heavy atom. The van der Waals surface area contributed by atoms with Crippen LogP contribution in [0.25, 0.3) is 21.5 Å². The fraction of sp³-hybridized carbons (Fsp3) is 0.0952. The maximum atomic E-state index is 12.3. The number of fused-ring (bicyclic) bond motifs is 1. The zero-order valence-electron chi connectivity index (χ0n) is 16.8. The summed E-state index contributed by atoms with van der Waals surface area (Å²) in [6, 6.07) is 11.3. The van der Waals surface area contributed by atoms with Gasteiger partial charge in [-0.05, 0) is 29.8 Å². The molecule has 3 aromatic heterocycles. The Balaban J connectivity index is 1.30. The van der Waals surface area contributed by atoms with Crippen molar-refractivity contribution in [3.05, 3.63) is 65.6 Å². The number of aryl methyl sites for hydroxylation is 1. The maximum Gasteiger partial charge on any atom is 0.228 e. The Bertz CT molecular complexity index is 1420. The van der Waals surface area contributed by atoms with E-state index >= 15 is 0 Å². The molecule has 0 saturated heterocycles. The van der Waals surface area contributed by atoms with Gasteiger partial charge in [-0.15, -0.1) is 10.2 Å². The van der Waals surface area contributed by atoms with Crippen LogP contribution in [0.15, 0.2) is 55.0 Å². The third-order valence-corrected chi connectivity index (χ3v) is 6.04. The number of amides is 1.